The molecule has 1 aromatic heterocycles. The van der Waals surface area contributed by atoms with E-state index in [0.717, 1.165) is 57.7 Å². The number of aromatic nitrogens is 2. The van der Waals surface area contributed by atoms with E-state index in [9.17, 15) is 9.59 Å². The standard InChI is InChI=1S/C20H29N5O3/c1-23-7-6-21-17(23)12-24-8-9-28-20(13-24)10-14-2-3-15(11-20)25(14)19(27)16-4-5-18(26)22-16/h6-7,14-16H,2-5,8-13H2,1H3,(H,22,26)/t14-,15+,16?,20?. The van der Waals surface area contributed by atoms with Crippen LogP contribution in [0, 0.1) is 0 Å². The zero-order valence-corrected chi connectivity index (χ0v) is 16.5. The fraction of sp³-hybridized carbons (Fsp3) is 0.750. The van der Waals surface area contributed by atoms with Gasteiger partial charge in [0, 0.05) is 51.0 Å². The molecule has 5 rings (SSSR count). The summed E-state index contributed by atoms with van der Waals surface area (Å²) in [5, 5.41) is 2.85. The Morgan fingerprint density at radius 1 is 1.32 bits per heavy atom. The van der Waals surface area contributed by atoms with E-state index in [0.29, 0.717) is 12.8 Å². The third-order valence-electron chi connectivity index (χ3n) is 7.00. The lowest BCUT2D eigenvalue weighted by atomic mass is 9.84. The van der Waals surface area contributed by atoms with Crippen LogP contribution >= 0.6 is 0 Å². The molecular weight excluding hydrogens is 358 g/mol. The molecule has 0 saturated carbocycles. The molecule has 4 fully saturated rings. The van der Waals surface area contributed by atoms with Crippen molar-refractivity contribution in [2.75, 3.05) is 19.7 Å². The van der Waals surface area contributed by atoms with Gasteiger partial charge in [0.25, 0.3) is 0 Å². The average molecular weight is 387 g/mol. The molecule has 4 atom stereocenters. The van der Waals surface area contributed by atoms with Crippen LogP contribution in [0.25, 0.3) is 0 Å². The van der Waals surface area contributed by atoms with Gasteiger partial charge in [-0.25, -0.2) is 4.98 Å². The highest BCUT2D eigenvalue weighted by Gasteiger charge is 2.53. The number of nitrogens with one attached hydrogen (secondary N) is 1. The second-order valence-electron chi connectivity index (χ2n) is 8.89. The molecule has 8 heteroatoms. The molecule has 152 valence electrons. The van der Waals surface area contributed by atoms with Crippen LogP contribution in [0.4, 0.5) is 0 Å². The summed E-state index contributed by atoms with van der Waals surface area (Å²) in [4.78, 5) is 33.6. The van der Waals surface area contributed by atoms with Crippen LogP contribution in [0.2, 0.25) is 0 Å². The zero-order chi connectivity index (χ0) is 19.3. The van der Waals surface area contributed by atoms with Crippen molar-refractivity contribution < 1.29 is 14.3 Å². The maximum absolute atomic E-state index is 13.0. The first kappa shape index (κ1) is 18.1. The fourth-order valence-electron chi connectivity index (χ4n) is 5.70. The van der Waals surface area contributed by atoms with Gasteiger partial charge in [-0.3, -0.25) is 14.5 Å². The SMILES string of the molecule is Cn1ccnc1CN1CCOC2(C[C@H]3CC[C@@H](C2)N3C(=O)C2CCC(=O)N2)C1. The Kier molecular flexibility index (Phi) is 4.43. The van der Waals surface area contributed by atoms with Crippen LogP contribution in [-0.2, 0) is 27.9 Å². The number of rotatable bonds is 3. The average Bonchev–Trinajstić information content (AvgIpc) is 3.34. The quantitative estimate of drug-likeness (QED) is 0.813. The van der Waals surface area contributed by atoms with Crippen LogP contribution < -0.4 is 5.32 Å². The van der Waals surface area contributed by atoms with E-state index >= 15 is 0 Å². The maximum Gasteiger partial charge on any atom is 0.245 e. The van der Waals surface area contributed by atoms with Crippen molar-refractivity contribution in [2.24, 2.45) is 7.05 Å². The van der Waals surface area contributed by atoms with Crippen molar-refractivity contribution >= 4 is 11.8 Å². The summed E-state index contributed by atoms with van der Waals surface area (Å²) in [6.07, 6.45) is 8.81. The number of carbonyl (C=O) groups is 2. The number of carbonyl (C=O) groups excluding carboxylic acids is 2. The first-order valence-electron chi connectivity index (χ1n) is 10.5. The number of ether oxygens (including phenoxy) is 1. The number of amides is 2. The van der Waals surface area contributed by atoms with Crippen molar-refractivity contribution in [2.45, 2.75) is 68.8 Å². The Bertz CT molecular complexity index is 764. The molecule has 0 aromatic carbocycles. The van der Waals surface area contributed by atoms with Crippen LogP contribution in [-0.4, -0.2) is 74.6 Å². The van der Waals surface area contributed by atoms with Gasteiger partial charge in [0.1, 0.15) is 11.9 Å². The summed E-state index contributed by atoms with van der Waals surface area (Å²) in [6, 6.07) is 0.144. The van der Waals surface area contributed by atoms with Gasteiger partial charge in [0.2, 0.25) is 11.8 Å². The van der Waals surface area contributed by atoms with Crippen molar-refractivity contribution in [1.29, 1.82) is 0 Å². The zero-order valence-electron chi connectivity index (χ0n) is 16.5. The Morgan fingerprint density at radius 3 is 2.75 bits per heavy atom. The van der Waals surface area contributed by atoms with E-state index < -0.39 is 0 Å². The number of nitrogens with zero attached hydrogens (tertiary/aromatic N) is 4. The van der Waals surface area contributed by atoms with Crippen LogP contribution in [0.5, 0.6) is 0 Å². The third-order valence-corrected chi connectivity index (χ3v) is 7.00. The summed E-state index contributed by atoms with van der Waals surface area (Å²) >= 11 is 0. The molecule has 28 heavy (non-hydrogen) atoms. The second-order valence-corrected chi connectivity index (χ2v) is 8.89. The highest BCUT2D eigenvalue weighted by Crippen LogP contribution is 2.44. The number of morpholine rings is 1. The van der Waals surface area contributed by atoms with Crippen molar-refractivity contribution in [3.63, 3.8) is 0 Å². The molecule has 2 unspecified atom stereocenters. The molecule has 0 radical (unpaired) electrons. The number of piperidine rings is 1. The lowest BCUT2D eigenvalue weighted by Crippen LogP contribution is -2.62. The highest BCUT2D eigenvalue weighted by molar-refractivity contribution is 5.91. The largest absolute Gasteiger partial charge is 0.372 e. The molecule has 1 spiro atoms. The van der Waals surface area contributed by atoms with Gasteiger partial charge in [0.15, 0.2) is 0 Å². The summed E-state index contributed by atoms with van der Waals surface area (Å²) < 4.78 is 8.43. The van der Waals surface area contributed by atoms with Gasteiger partial charge in [-0.15, -0.1) is 0 Å². The monoisotopic (exact) mass is 387 g/mol. The van der Waals surface area contributed by atoms with Gasteiger partial charge >= 0.3 is 0 Å². The lowest BCUT2D eigenvalue weighted by Gasteiger charge is -2.50. The molecule has 0 aliphatic carbocycles. The van der Waals surface area contributed by atoms with Gasteiger partial charge in [-0.2, -0.15) is 0 Å². The van der Waals surface area contributed by atoms with Crippen molar-refractivity contribution in [3.8, 4) is 0 Å². The molecule has 1 aromatic rings. The lowest BCUT2D eigenvalue weighted by molar-refractivity contribution is -0.164. The first-order chi connectivity index (χ1) is 13.5. The number of imidazole rings is 1. The van der Waals surface area contributed by atoms with Gasteiger partial charge < -0.3 is 19.5 Å². The molecule has 4 saturated heterocycles. The van der Waals surface area contributed by atoms with E-state index in [-0.39, 0.29) is 35.5 Å². The van der Waals surface area contributed by atoms with Crippen LogP contribution in [0.1, 0.15) is 44.3 Å². The predicted octanol–water partition coefficient (Wildman–Crippen LogP) is 0.423. The summed E-state index contributed by atoms with van der Waals surface area (Å²) in [5.41, 5.74) is -0.162. The molecule has 8 nitrogen and oxygen atoms in total. The minimum atomic E-state index is -0.322. The topological polar surface area (TPSA) is 79.7 Å². The van der Waals surface area contributed by atoms with Crippen molar-refractivity contribution in [1.82, 2.24) is 24.7 Å². The summed E-state index contributed by atoms with van der Waals surface area (Å²) in [6.45, 7) is 3.38. The molecule has 1 N–H and O–H groups in total. The highest BCUT2D eigenvalue weighted by atomic mass is 16.5. The predicted molar refractivity (Wildman–Crippen MR) is 101 cm³/mol. The summed E-state index contributed by atoms with van der Waals surface area (Å²) in [7, 11) is 2.03. The third kappa shape index (κ3) is 3.12. The van der Waals surface area contributed by atoms with E-state index in [4.69, 9.17) is 4.74 Å². The molecule has 4 aliphatic rings. The fourth-order valence-corrected chi connectivity index (χ4v) is 5.70. The maximum atomic E-state index is 13.0. The second kappa shape index (κ2) is 6.84. The van der Waals surface area contributed by atoms with E-state index in [1.807, 2.05) is 19.4 Å². The van der Waals surface area contributed by atoms with E-state index in [1.54, 1.807) is 0 Å². The number of hydrogen-bond donors (Lipinski definition) is 1. The number of fused-ring (bicyclic) bond motifs is 2. The smallest absolute Gasteiger partial charge is 0.245 e. The molecule has 2 bridgehead atoms. The van der Waals surface area contributed by atoms with Gasteiger partial charge in [0.05, 0.1) is 18.8 Å². The van der Waals surface area contributed by atoms with Crippen LogP contribution in [0.15, 0.2) is 12.4 Å². The van der Waals surface area contributed by atoms with E-state index in [1.165, 1.54) is 0 Å². The Labute approximate surface area is 165 Å². The molecular formula is C20H29N5O3. The summed E-state index contributed by atoms with van der Waals surface area (Å²) in [5.74, 6) is 1.19. The van der Waals surface area contributed by atoms with Crippen LogP contribution in [0.3, 0.4) is 0 Å². The minimum absolute atomic E-state index is 0.000262. The van der Waals surface area contributed by atoms with Crippen molar-refractivity contribution in [3.05, 3.63) is 18.2 Å². The normalized spacial score (nSPS) is 35.5. The molecule has 5 heterocycles. The minimum Gasteiger partial charge on any atom is -0.372 e. The van der Waals surface area contributed by atoms with Gasteiger partial charge in [-0.05, 0) is 32.1 Å². The Balaban J connectivity index is 1.27. The van der Waals surface area contributed by atoms with E-state index in [2.05, 4.69) is 24.7 Å². The number of hydrogen-bond acceptors (Lipinski definition) is 5. The van der Waals surface area contributed by atoms with Gasteiger partial charge in [-0.1, -0.05) is 0 Å². The Morgan fingerprint density at radius 2 is 2.11 bits per heavy atom. The first-order valence-corrected chi connectivity index (χ1v) is 10.5. The Hall–Kier alpha value is -1.93. The number of aryl methyl sites for hydroxylation is 1. The molecule has 2 amide bonds. The molecule has 4 aliphatic heterocycles.